The maximum atomic E-state index is 12.8. The number of hydrogen-bond donors (Lipinski definition) is 2. The monoisotopic (exact) mass is 345 g/mol. The van der Waals surface area contributed by atoms with Crippen molar-refractivity contribution in [1.29, 1.82) is 0 Å². The molecule has 1 amide bonds. The van der Waals surface area contributed by atoms with Gasteiger partial charge in [0.1, 0.15) is 11.4 Å². The number of benzene rings is 1. The average molecular weight is 345 g/mol. The van der Waals surface area contributed by atoms with Gasteiger partial charge in [0.05, 0.1) is 20.8 Å². The number of ether oxygens (including phenoxy) is 2. The number of nitrogens with one attached hydrogen (secondary N) is 2. The first kappa shape index (κ1) is 16.9. The Bertz CT molecular complexity index is 792. The van der Waals surface area contributed by atoms with E-state index in [1.807, 2.05) is 6.07 Å². The van der Waals surface area contributed by atoms with E-state index < -0.39 is 11.5 Å². The number of aromatic amines is 1. The molecule has 2 N–H and O–H groups in total. The van der Waals surface area contributed by atoms with Crippen LogP contribution < -0.4 is 10.1 Å². The summed E-state index contributed by atoms with van der Waals surface area (Å²) < 4.78 is 10.1. The van der Waals surface area contributed by atoms with E-state index in [-0.39, 0.29) is 12.5 Å². The van der Waals surface area contributed by atoms with Crippen LogP contribution in [0.3, 0.4) is 0 Å². The molecular formula is C16H19N5O4. The standard InChI is InChI=1S/C16H19N5O4/c1-17-16(15(23)25-3,13-7-18-20-19-13)9-21-8-10-4-5-11(24-2)6-12(10)14(21)22/h4-7,17H,8-9H2,1-3H3,(H,18,19,20). The van der Waals surface area contributed by atoms with Gasteiger partial charge in [-0.05, 0) is 24.7 Å². The van der Waals surface area contributed by atoms with Crippen molar-refractivity contribution in [1.82, 2.24) is 25.6 Å². The first-order valence-corrected chi connectivity index (χ1v) is 7.66. The lowest BCUT2D eigenvalue weighted by atomic mass is 9.95. The Balaban J connectivity index is 1.94. The maximum Gasteiger partial charge on any atom is 0.334 e. The molecule has 3 rings (SSSR count). The molecule has 1 unspecified atom stereocenters. The van der Waals surface area contributed by atoms with Gasteiger partial charge in [0.2, 0.25) is 0 Å². The van der Waals surface area contributed by atoms with E-state index in [1.54, 1.807) is 31.2 Å². The fraction of sp³-hybridized carbons (Fsp3) is 0.375. The summed E-state index contributed by atoms with van der Waals surface area (Å²) >= 11 is 0. The number of esters is 1. The highest BCUT2D eigenvalue weighted by atomic mass is 16.5. The molecule has 2 heterocycles. The van der Waals surface area contributed by atoms with Gasteiger partial charge in [-0.1, -0.05) is 11.3 Å². The number of carbonyl (C=O) groups is 2. The van der Waals surface area contributed by atoms with Crippen LogP contribution >= 0.6 is 0 Å². The second-order valence-corrected chi connectivity index (χ2v) is 5.69. The zero-order valence-corrected chi connectivity index (χ0v) is 14.2. The zero-order valence-electron chi connectivity index (χ0n) is 14.2. The van der Waals surface area contributed by atoms with Gasteiger partial charge in [0, 0.05) is 18.3 Å². The van der Waals surface area contributed by atoms with Crippen molar-refractivity contribution in [3.63, 3.8) is 0 Å². The Morgan fingerprint density at radius 2 is 2.24 bits per heavy atom. The van der Waals surface area contributed by atoms with Gasteiger partial charge in [-0.15, -0.1) is 5.10 Å². The number of hydrogen-bond acceptors (Lipinski definition) is 7. The molecule has 2 aromatic rings. The fourth-order valence-electron chi connectivity index (χ4n) is 3.02. The number of methoxy groups -OCH3 is 2. The molecule has 132 valence electrons. The molecule has 0 bridgehead atoms. The third-order valence-electron chi connectivity index (χ3n) is 4.44. The van der Waals surface area contributed by atoms with E-state index in [1.165, 1.54) is 13.3 Å². The molecule has 0 spiro atoms. The van der Waals surface area contributed by atoms with E-state index in [0.29, 0.717) is 23.6 Å². The number of carbonyl (C=O) groups excluding carboxylic acids is 2. The van der Waals surface area contributed by atoms with E-state index in [9.17, 15) is 9.59 Å². The van der Waals surface area contributed by atoms with Crippen LogP contribution in [0.1, 0.15) is 21.6 Å². The van der Waals surface area contributed by atoms with Gasteiger partial charge in [-0.2, -0.15) is 0 Å². The highest BCUT2D eigenvalue weighted by Gasteiger charge is 2.46. The zero-order chi connectivity index (χ0) is 18.0. The van der Waals surface area contributed by atoms with E-state index >= 15 is 0 Å². The molecule has 1 aliphatic heterocycles. The largest absolute Gasteiger partial charge is 0.497 e. The minimum Gasteiger partial charge on any atom is -0.497 e. The number of nitrogens with zero attached hydrogens (tertiary/aromatic N) is 3. The Labute approximate surface area is 144 Å². The van der Waals surface area contributed by atoms with Gasteiger partial charge in [-0.3, -0.25) is 15.2 Å². The van der Waals surface area contributed by atoms with Gasteiger partial charge in [0.25, 0.3) is 5.91 Å². The topological polar surface area (TPSA) is 109 Å². The highest BCUT2D eigenvalue weighted by molar-refractivity contribution is 5.99. The second kappa shape index (κ2) is 6.52. The Hall–Kier alpha value is -2.94. The minimum atomic E-state index is -1.32. The van der Waals surface area contributed by atoms with E-state index in [2.05, 4.69) is 20.7 Å². The third-order valence-corrected chi connectivity index (χ3v) is 4.44. The molecular weight excluding hydrogens is 326 g/mol. The molecule has 0 radical (unpaired) electrons. The molecule has 1 aromatic carbocycles. The minimum absolute atomic E-state index is 0.0541. The van der Waals surface area contributed by atoms with Crippen molar-refractivity contribution in [2.45, 2.75) is 12.1 Å². The van der Waals surface area contributed by atoms with Crippen molar-refractivity contribution in [2.24, 2.45) is 0 Å². The second-order valence-electron chi connectivity index (χ2n) is 5.69. The van der Waals surface area contributed by atoms with E-state index in [0.717, 1.165) is 5.56 Å². The van der Waals surface area contributed by atoms with Crippen LogP contribution in [0.25, 0.3) is 0 Å². The summed E-state index contributed by atoms with van der Waals surface area (Å²) in [6.45, 7) is 0.439. The molecule has 0 fully saturated rings. The lowest BCUT2D eigenvalue weighted by Crippen LogP contribution is -2.56. The average Bonchev–Trinajstić information content (AvgIpc) is 3.28. The Morgan fingerprint density at radius 1 is 1.44 bits per heavy atom. The summed E-state index contributed by atoms with van der Waals surface area (Å²) in [7, 11) is 4.45. The third kappa shape index (κ3) is 2.72. The summed E-state index contributed by atoms with van der Waals surface area (Å²) in [4.78, 5) is 26.9. The number of rotatable bonds is 6. The molecule has 0 aliphatic carbocycles. The summed E-state index contributed by atoms with van der Waals surface area (Å²) in [5, 5.41) is 13.1. The van der Waals surface area contributed by atoms with E-state index in [4.69, 9.17) is 9.47 Å². The van der Waals surface area contributed by atoms with Crippen molar-refractivity contribution in [3.05, 3.63) is 41.2 Å². The molecule has 9 nitrogen and oxygen atoms in total. The number of amides is 1. The number of likely N-dealkylation sites (N-methyl/N-ethyl adjacent to an activating group) is 1. The van der Waals surface area contributed by atoms with Crippen LogP contribution in [0.4, 0.5) is 0 Å². The lowest BCUT2D eigenvalue weighted by Gasteiger charge is -2.32. The van der Waals surface area contributed by atoms with Gasteiger partial charge in [0.15, 0.2) is 5.54 Å². The van der Waals surface area contributed by atoms with Crippen molar-refractivity contribution >= 4 is 11.9 Å². The summed E-state index contributed by atoms with van der Waals surface area (Å²) in [5.41, 5.74) is 0.474. The lowest BCUT2D eigenvalue weighted by molar-refractivity contribution is -0.149. The quantitative estimate of drug-likeness (QED) is 0.712. The molecule has 25 heavy (non-hydrogen) atoms. The summed E-state index contributed by atoms with van der Waals surface area (Å²) in [6, 6.07) is 5.35. The van der Waals surface area contributed by atoms with Crippen molar-refractivity contribution < 1.29 is 19.1 Å². The smallest absolute Gasteiger partial charge is 0.334 e. The number of fused-ring (bicyclic) bond motifs is 1. The molecule has 1 aromatic heterocycles. The highest BCUT2D eigenvalue weighted by Crippen LogP contribution is 2.30. The SMILES string of the molecule is CNC(CN1Cc2ccc(OC)cc2C1=O)(C(=O)OC)c1c[nH]nn1. The first-order valence-electron chi connectivity index (χ1n) is 7.66. The van der Waals surface area contributed by atoms with Crippen LogP contribution in [0.15, 0.2) is 24.4 Å². The molecule has 0 saturated carbocycles. The van der Waals surface area contributed by atoms with Gasteiger partial charge < -0.3 is 14.4 Å². The maximum absolute atomic E-state index is 12.8. The molecule has 9 heteroatoms. The fourth-order valence-corrected chi connectivity index (χ4v) is 3.02. The Kier molecular flexibility index (Phi) is 4.41. The van der Waals surface area contributed by atoms with Crippen molar-refractivity contribution in [2.75, 3.05) is 27.8 Å². The predicted molar refractivity (Wildman–Crippen MR) is 86.9 cm³/mol. The van der Waals surface area contributed by atoms with Gasteiger partial charge in [-0.25, -0.2) is 4.79 Å². The van der Waals surface area contributed by atoms with Crippen LogP contribution in [0, 0.1) is 0 Å². The molecule has 1 aliphatic rings. The summed E-state index contributed by atoms with van der Waals surface area (Å²) in [6.07, 6.45) is 1.50. The number of aromatic nitrogens is 3. The summed E-state index contributed by atoms with van der Waals surface area (Å²) in [5.74, 6) is -0.121. The van der Waals surface area contributed by atoms with Crippen LogP contribution in [0.2, 0.25) is 0 Å². The van der Waals surface area contributed by atoms with Crippen LogP contribution in [0.5, 0.6) is 5.75 Å². The van der Waals surface area contributed by atoms with Crippen LogP contribution in [-0.2, 0) is 21.6 Å². The predicted octanol–water partition coefficient (Wildman–Crippen LogP) is 0.0570. The number of H-pyrrole nitrogens is 1. The Morgan fingerprint density at radius 3 is 2.84 bits per heavy atom. The van der Waals surface area contributed by atoms with Crippen molar-refractivity contribution in [3.8, 4) is 5.75 Å². The first-order chi connectivity index (χ1) is 12.1. The normalized spacial score (nSPS) is 15.6. The molecule has 0 saturated heterocycles. The molecule has 1 atom stereocenters. The van der Waals surface area contributed by atoms with Gasteiger partial charge >= 0.3 is 5.97 Å². The van der Waals surface area contributed by atoms with Crippen LogP contribution in [-0.4, -0.2) is 60.0 Å².